The van der Waals surface area contributed by atoms with Gasteiger partial charge >= 0.3 is 0 Å². The van der Waals surface area contributed by atoms with Crippen LogP contribution in [0.15, 0.2) is 43.0 Å². The number of amides is 1. The van der Waals surface area contributed by atoms with Crippen molar-refractivity contribution in [2.24, 2.45) is 0 Å². The van der Waals surface area contributed by atoms with Gasteiger partial charge in [-0.3, -0.25) is 9.69 Å². The van der Waals surface area contributed by atoms with Crippen molar-refractivity contribution >= 4 is 28.9 Å². The second kappa shape index (κ2) is 4.67. The Labute approximate surface area is 106 Å². The Kier molecular flexibility index (Phi) is 3.24. The van der Waals surface area contributed by atoms with Crippen LogP contribution in [0.1, 0.15) is 6.92 Å². The summed E-state index contributed by atoms with van der Waals surface area (Å²) >= 11 is 5.35. The molecule has 1 aromatic rings. The molecule has 1 saturated heterocycles. The van der Waals surface area contributed by atoms with Gasteiger partial charge in [0.15, 0.2) is 5.11 Å². The molecule has 0 N–H and O–H groups in total. The van der Waals surface area contributed by atoms with Gasteiger partial charge < -0.3 is 4.90 Å². The summed E-state index contributed by atoms with van der Waals surface area (Å²) in [6.07, 6.45) is 1.75. The van der Waals surface area contributed by atoms with Crippen LogP contribution < -0.4 is 4.90 Å². The largest absolute Gasteiger partial charge is 0.333 e. The molecule has 2 rings (SSSR count). The maximum atomic E-state index is 12.2. The number of anilines is 1. The first-order chi connectivity index (χ1) is 8.16. The van der Waals surface area contributed by atoms with Crippen LogP contribution in [0, 0.1) is 0 Å². The molecule has 1 aliphatic heterocycles. The lowest BCUT2D eigenvalue weighted by molar-refractivity contribution is -0.119. The van der Waals surface area contributed by atoms with Crippen LogP contribution in [0.5, 0.6) is 0 Å². The second-order valence-corrected chi connectivity index (χ2v) is 4.27. The van der Waals surface area contributed by atoms with Crippen LogP contribution in [-0.4, -0.2) is 28.5 Å². The Hall–Kier alpha value is -1.68. The van der Waals surface area contributed by atoms with Gasteiger partial charge in [0.25, 0.3) is 5.91 Å². The van der Waals surface area contributed by atoms with E-state index in [0.717, 1.165) is 5.69 Å². The fourth-order valence-corrected chi connectivity index (χ4v) is 2.33. The van der Waals surface area contributed by atoms with Crippen molar-refractivity contribution in [1.82, 2.24) is 4.90 Å². The molecule has 1 unspecified atom stereocenters. The van der Waals surface area contributed by atoms with E-state index >= 15 is 0 Å². The highest BCUT2D eigenvalue weighted by atomic mass is 32.1. The predicted molar refractivity (Wildman–Crippen MR) is 72.9 cm³/mol. The Morgan fingerprint density at radius 3 is 2.65 bits per heavy atom. The minimum atomic E-state index is -0.222. The van der Waals surface area contributed by atoms with Crippen molar-refractivity contribution in [1.29, 1.82) is 0 Å². The number of para-hydroxylation sites is 1. The normalized spacial score (nSPS) is 19.9. The van der Waals surface area contributed by atoms with Gasteiger partial charge in [-0.25, -0.2) is 0 Å². The lowest BCUT2D eigenvalue weighted by atomic mass is 10.2. The van der Waals surface area contributed by atoms with Crippen LogP contribution in [0.3, 0.4) is 0 Å². The van der Waals surface area contributed by atoms with Crippen molar-refractivity contribution < 1.29 is 4.79 Å². The quantitative estimate of drug-likeness (QED) is 0.603. The first kappa shape index (κ1) is 11.8. The van der Waals surface area contributed by atoms with E-state index in [9.17, 15) is 4.79 Å². The molecule has 3 nitrogen and oxygen atoms in total. The molecule has 1 fully saturated rings. The summed E-state index contributed by atoms with van der Waals surface area (Å²) in [5.74, 6) is 0.0167. The number of carbonyl (C=O) groups is 1. The van der Waals surface area contributed by atoms with E-state index in [1.807, 2.05) is 42.2 Å². The van der Waals surface area contributed by atoms with Crippen LogP contribution in [0.4, 0.5) is 5.69 Å². The monoisotopic (exact) mass is 246 g/mol. The average molecular weight is 246 g/mol. The predicted octanol–water partition coefficient (Wildman–Crippen LogP) is 2.19. The minimum absolute atomic E-state index is 0.0167. The number of nitrogens with zero attached hydrogens (tertiary/aromatic N) is 2. The molecule has 1 aliphatic rings. The van der Waals surface area contributed by atoms with Gasteiger partial charge in [0.2, 0.25) is 0 Å². The molecule has 17 heavy (non-hydrogen) atoms. The summed E-state index contributed by atoms with van der Waals surface area (Å²) in [5, 5.41) is 0.550. The summed E-state index contributed by atoms with van der Waals surface area (Å²) in [4.78, 5) is 15.6. The summed E-state index contributed by atoms with van der Waals surface area (Å²) in [7, 11) is 0. The van der Waals surface area contributed by atoms with E-state index in [-0.39, 0.29) is 11.9 Å². The van der Waals surface area contributed by atoms with Crippen LogP contribution in [-0.2, 0) is 4.79 Å². The Bertz CT molecular complexity index is 458. The molecule has 0 radical (unpaired) electrons. The van der Waals surface area contributed by atoms with E-state index in [1.54, 1.807) is 11.0 Å². The van der Waals surface area contributed by atoms with Gasteiger partial charge in [0.1, 0.15) is 6.04 Å². The first-order valence-corrected chi connectivity index (χ1v) is 5.88. The molecule has 0 aromatic heterocycles. The molecule has 0 saturated carbocycles. The van der Waals surface area contributed by atoms with Crippen molar-refractivity contribution in [2.45, 2.75) is 13.0 Å². The van der Waals surface area contributed by atoms with Gasteiger partial charge in [-0.15, -0.1) is 6.58 Å². The Balaban J connectivity index is 2.34. The van der Waals surface area contributed by atoms with Gasteiger partial charge in [-0.05, 0) is 31.3 Å². The Morgan fingerprint density at radius 2 is 2.06 bits per heavy atom. The maximum Gasteiger partial charge on any atom is 0.255 e. The first-order valence-electron chi connectivity index (χ1n) is 5.47. The van der Waals surface area contributed by atoms with Gasteiger partial charge in [-0.1, -0.05) is 24.3 Å². The lowest BCUT2D eigenvalue weighted by Gasteiger charge is -2.20. The highest BCUT2D eigenvalue weighted by Gasteiger charge is 2.39. The van der Waals surface area contributed by atoms with Crippen LogP contribution in [0.2, 0.25) is 0 Å². The van der Waals surface area contributed by atoms with Crippen molar-refractivity contribution in [3.05, 3.63) is 43.0 Å². The van der Waals surface area contributed by atoms with Crippen LogP contribution >= 0.6 is 12.2 Å². The standard InChI is InChI=1S/C13H14N2OS/c1-3-9-14-10(2)12(16)15(13(14)17)11-7-5-4-6-8-11/h3-8,10H,1,9H2,2H3. The molecule has 1 aromatic carbocycles. The van der Waals surface area contributed by atoms with Crippen LogP contribution in [0.25, 0.3) is 0 Å². The number of rotatable bonds is 3. The van der Waals surface area contributed by atoms with E-state index in [1.165, 1.54) is 0 Å². The topological polar surface area (TPSA) is 23.6 Å². The minimum Gasteiger partial charge on any atom is -0.333 e. The fraction of sp³-hybridized carbons (Fsp3) is 0.231. The number of benzene rings is 1. The zero-order chi connectivity index (χ0) is 12.4. The Morgan fingerprint density at radius 1 is 1.41 bits per heavy atom. The number of hydrogen-bond donors (Lipinski definition) is 0. The molecule has 4 heteroatoms. The SMILES string of the molecule is C=CCN1C(=S)N(c2ccccc2)C(=O)C1C. The number of hydrogen-bond acceptors (Lipinski definition) is 2. The van der Waals surface area contributed by atoms with Gasteiger partial charge in [-0.2, -0.15) is 0 Å². The lowest BCUT2D eigenvalue weighted by Crippen LogP contribution is -2.33. The maximum absolute atomic E-state index is 12.2. The molecule has 0 aliphatic carbocycles. The molecule has 1 atom stereocenters. The zero-order valence-electron chi connectivity index (χ0n) is 9.67. The summed E-state index contributed by atoms with van der Waals surface area (Å²) in [5.41, 5.74) is 0.820. The summed E-state index contributed by atoms with van der Waals surface area (Å²) in [6, 6.07) is 9.25. The van der Waals surface area contributed by atoms with Gasteiger partial charge in [0, 0.05) is 6.54 Å². The summed E-state index contributed by atoms with van der Waals surface area (Å²) in [6.45, 7) is 6.14. The second-order valence-electron chi connectivity index (χ2n) is 3.91. The average Bonchev–Trinajstić information content (AvgIpc) is 2.55. The van der Waals surface area contributed by atoms with Crippen molar-refractivity contribution in [3.63, 3.8) is 0 Å². The summed E-state index contributed by atoms with van der Waals surface area (Å²) < 4.78 is 0. The van der Waals surface area contributed by atoms with E-state index < -0.39 is 0 Å². The molecular formula is C13H14N2OS. The fourth-order valence-electron chi connectivity index (χ4n) is 1.90. The molecule has 0 spiro atoms. The third kappa shape index (κ3) is 1.96. The third-order valence-electron chi connectivity index (χ3n) is 2.82. The molecule has 1 heterocycles. The third-order valence-corrected chi connectivity index (χ3v) is 3.24. The zero-order valence-corrected chi connectivity index (χ0v) is 10.5. The van der Waals surface area contributed by atoms with E-state index in [0.29, 0.717) is 11.7 Å². The highest BCUT2D eigenvalue weighted by Crippen LogP contribution is 2.24. The molecular weight excluding hydrogens is 232 g/mol. The number of carbonyl (C=O) groups excluding carboxylic acids is 1. The smallest absolute Gasteiger partial charge is 0.255 e. The van der Waals surface area contributed by atoms with E-state index in [4.69, 9.17) is 12.2 Å². The molecule has 0 bridgehead atoms. The van der Waals surface area contributed by atoms with E-state index in [2.05, 4.69) is 6.58 Å². The number of thiocarbonyl (C=S) groups is 1. The molecule has 88 valence electrons. The van der Waals surface area contributed by atoms with Crippen molar-refractivity contribution in [2.75, 3.05) is 11.4 Å². The van der Waals surface area contributed by atoms with Crippen molar-refractivity contribution in [3.8, 4) is 0 Å². The highest BCUT2D eigenvalue weighted by molar-refractivity contribution is 7.80. The van der Waals surface area contributed by atoms with Gasteiger partial charge in [0.05, 0.1) is 5.69 Å². The molecule has 1 amide bonds.